The lowest BCUT2D eigenvalue weighted by Crippen LogP contribution is -2.45. The van der Waals surface area contributed by atoms with Crippen LogP contribution in [0.3, 0.4) is 0 Å². The molecule has 0 radical (unpaired) electrons. The molecule has 7 heteroatoms. The van der Waals surface area contributed by atoms with Crippen LogP contribution in [0.25, 0.3) is 0 Å². The molecule has 1 heterocycles. The van der Waals surface area contributed by atoms with Gasteiger partial charge in [-0.05, 0) is 31.7 Å². The molecular formula is C12H26N4O2S. The van der Waals surface area contributed by atoms with Gasteiger partial charge in [-0.15, -0.1) is 0 Å². The highest BCUT2D eigenvalue weighted by atomic mass is 32.2. The van der Waals surface area contributed by atoms with Crippen molar-refractivity contribution in [3.63, 3.8) is 0 Å². The minimum atomic E-state index is -3.27. The molecule has 112 valence electrons. The summed E-state index contributed by atoms with van der Waals surface area (Å²) in [6, 6.07) is 0. The summed E-state index contributed by atoms with van der Waals surface area (Å²) in [5.74, 6) is 0.586. The van der Waals surface area contributed by atoms with Crippen molar-refractivity contribution in [3.8, 4) is 0 Å². The van der Waals surface area contributed by atoms with E-state index in [4.69, 9.17) is 0 Å². The molecule has 6 nitrogen and oxygen atoms in total. The van der Waals surface area contributed by atoms with Crippen LogP contribution < -0.4 is 10.0 Å². The number of hydrogen-bond donors (Lipinski definition) is 2. The molecule has 1 aliphatic heterocycles. The van der Waals surface area contributed by atoms with Crippen LogP contribution in [0.4, 0.5) is 0 Å². The molecule has 1 saturated carbocycles. The fraction of sp³-hybridized carbons (Fsp3) is 1.00. The molecule has 0 amide bonds. The first-order valence-corrected chi connectivity index (χ1v) is 8.66. The first kappa shape index (κ1) is 15.2. The molecular weight excluding hydrogens is 264 g/mol. The van der Waals surface area contributed by atoms with E-state index in [1.807, 2.05) is 0 Å². The van der Waals surface area contributed by atoms with Gasteiger partial charge < -0.3 is 10.2 Å². The molecule has 1 aliphatic carbocycles. The second-order valence-corrected chi connectivity index (χ2v) is 7.43. The topological polar surface area (TPSA) is 64.7 Å². The molecule has 19 heavy (non-hydrogen) atoms. The molecule has 2 fully saturated rings. The normalized spacial score (nSPS) is 22.0. The number of hydrogen-bond acceptors (Lipinski definition) is 4. The molecule has 0 atom stereocenters. The average Bonchev–Trinajstić information content (AvgIpc) is 3.20. The lowest BCUT2D eigenvalue weighted by atomic mass is 10.3. The van der Waals surface area contributed by atoms with E-state index in [1.54, 1.807) is 7.05 Å². The summed E-state index contributed by atoms with van der Waals surface area (Å²) in [5, 5.41) is 3.31. The molecule has 0 unspecified atom stereocenters. The van der Waals surface area contributed by atoms with E-state index in [2.05, 4.69) is 14.9 Å². The van der Waals surface area contributed by atoms with E-state index in [0.29, 0.717) is 19.0 Å². The Labute approximate surface area is 116 Å². The van der Waals surface area contributed by atoms with Gasteiger partial charge in [0.15, 0.2) is 0 Å². The summed E-state index contributed by atoms with van der Waals surface area (Å²) in [5.41, 5.74) is 0. The highest BCUT2D eigenvalue weighted by Crippen LogP contribution is 2.29. The largest absolute Gasteiger partial charge is 0.314 e. The summed E-state index contributed by atoms with van der Waals surface area (Å²) in [6.45, 7) is 6.36. The first-order chi connectivity index (χ1) is 9.08. The first-order valence-electron chi connectivity index (χ1n) is 7.22. The molecule has 2 N–H and O–H groups in total. The maximum atomic E-state index is 11.9. The predicted molar refractivity (Wildman–Crippen MR) is 76.2 cm³/mol. The molecule has 0 bridgehead atoms. The van der Waals surface area contributed by atoms with E-state index in [9.17, 15) is 8.42 Å². The maximum Gasteiger partial charge on any atom is 0.279 e. The fourth-order valence-electron chi connectivity index (χ4n) is 2.31. The van der Waals surface area contributed by atoms with Gasteiger partial charge in [0, 0.05) is 46.3 Å². The fourth-order valence-corrected chi connectivity index (χ4v) is 3.34. The van der Waals surface area contributed by atoms with Gasteiger partial charge in [-0.25, -0.2) is 4.72 Å². The van der Waals surface area contributed by atoms with Gasteiger partial charge in [0.1, 0.15) is 0 Å². The number of rotatable bonds is 8. The monoisotopic (exact) mass is 290 g/mol. The third-order valence-corrected chi connectivity index (χ3v) is 5.31. The van der Waals surface area contributed by atoms with Gasteiger partial charge >= 0.3 is 0 Å². The third kappa shape index (κ3) is 5.35. The predicted octanol–water partition coefficient (Wildman–Crippen LogP) is -0.542. The second-order valence-electron chi connectivity index (χ2n) is 5.57. The van der Waals surface area contributed by atoms with E-state index in [0.717, 1.165) is 39.1 Å². The van der Waals surface area contributed by atoms with Crippen LogP contribution >= 0.6 is 0 Å². The SMILES string of the molecule is CN(CC1CC1)S(=O)(=O)NCCCN1CCNCC1. The Bertz CT molecular complexity index is 364. The highest BCUT2D eigenvalue weighted by molar-refractivity contribution is 7.87. The van der Waals surface area contributed by atoms with Crippen molar-refractivity contribution in [1.82, 2.24) is 19.2 Å². The van der Waals surface area contributed by atoms with Crippen LogP contribution in [0, 0.1) is 5.92 Å². The number of nitrogens with zero attached hydrogens (tertiary/aromatic N) is 2. The Kier molecular flexibility index (Phi) is 5.58. The van der Waals surface area contributed by atoms with Crippen LogP contribution in [-0.2, 0) is 10.2 Å². The van der Waals surface area contributed by atoms with Gasteiger partial charge in [0.05, 0.1) is 0 Å². The van der Waals surface area contributed by atoms with Crippen molar-refractivity contribution in [3.05, 3.63) is 0 Å². The van der Waals surface area contributed by atoms with Gasteiger partial charge in [-0.2, -0.15) is 12.7 Å². The second kappa shape index (κ2) is 6.99. The molecule has 1 saturated heterocycles. The summed E-state index contributed by atoms with van der Waals surface area (Å²) in [7, 11) is -1.60. The van der Waals surface area contributed by atoms with Crippen LogP contribution in [0.5, 0.6) is 0 Å². The molecule has 2 aliphatic rings. The lowest BCUT2D eigenvalue weighted by Gasteiger charge is -2.27. The molecule has 0 aromatic carbocycles. The lowest BCUT2D eigenvalue weighted by molar-refractivity contribution is 0.239. The molecule has 0 aromatic rings. The molecule has 0 aromatic heterocycles. The van der Waals surface area contributed by atoms with E-state index in [1.165, 1.54) is 17.1 Å². The van der Waals surface area contributed by atoms with Gasteiger partial charge in [-0.3, -0.25) is 0 Å². The van der Waals surface area contributed by atoms with Crippen molar-refractivity contribution in [2.24, 2.45) is 5.92 Å². The highest BCUT2D eigenvalue weighted by Gasteiger charge is 2.27. The Morgan fingerprint density at radius 3 is 2.63 bits per heavy atom. The minimum Gasteiger partial charge on any atom is -0.314 e. The van der Waals surface area contributed by atoms with Gasteiger partial charge in [0.2, 0.25) is 0 Å². The van der Waals surface area contributed by atoms with Crippen LogP contribution in [0.15, 0.2) is 0 Å². The smallest absolute Gasteiger partial charge is 0.279 e. The van der Waals surface area contributed by atoms with Crippen LogP contribution in [0.2, 0.25) is 0 Å². The standard InChI is InChI=1S/C12H26N4O2S/c1-15(11-12-3-4-12)19(17,18)14-5-2-8-16-9-6-13-7-10-16/h12-14H,2-11H2,1H3. The van der Waals surface area contributed by atoms with Crippen LogP contribution in [-0.4, -0.2) is 70.5 Å². The van der Waals surface area contributed by atoms with Crippen molar-refractivity contribution in [1.29, 1.82) is 0 Å². The third-order valence-electron chi connectivity index (χ3n) is 3.77. The Balaban J connectivity index is 1.60. The minimum absolute atomic E-state index is 0.529. The van der Waals surface area contributed by atoms with Crippen molar-refractivity contribution in [2.75, 3.05) is 52.9 Å². The van der Waals surface area contributed by atoms with Gasteiger partial charge in [0.25, 0.3) is 10.2 Å². The quantitative estimate of drug-likeness (QED) is 0.589. The Morgan fingerprint density at radius 2 is 2.00 bits per heavy atom. The molecule has 2 rings (SSSR count). The maximum absolute atomic E-state index is 11.9. The summed E-state index contributed by atoms with van der Waals surface area (Å²) in [4.78, 5) is 2.37. The Morgan fingerprint density at radius 1 is 1.32 bits per heavy atom. The zero-order valence-corrected chi connectivity index (χ0v) is 12.6. The number of nitrogens with one attached hydrogen (secondary N) is 2. The van der Waals surface area contributed by atoms with Crippen LogP contribution in [0.1, 0.15) is 19.3 Å². The van der Waals surface area contributed by atoms with E-state index >= 15 is 0 Å². The average molecular weight is 290 g/mol. The summed E-state index contributed by atoms with van der Waals surface area (Å²) < 4.78 is 28.0. The van der Waals surface area contributed by atoms with Crippen molar-refractivity contribution in [2.45, 2.75) is 19.3 Å². The van der Waals surface area contributed by atoms with Crippen molar-refractivity contribution < 1.29 is 8.42 Å². The van der Waals surface area contributed by atoms with E-state index in [-0.39, 0.29) is 0 Å². The Hall–Kier alpha value is -0.210. The zero-order chi connectivity index (χ0) is 13.7. The summed E-state index contributed by atoms with van der Waals surface area (Å²) >= 11 is 0. The van der Waals surface area contributed by atoms with Crippen molar-refractivity contribution >= 4 is 10.2 Å². The molecule has 0 spiro atoms. The summed E-state index contributed by atoms with van der Waals surface area (Å²) in [6.07, 6.45) is 3.21. The number of piperazine rings is 1. The van der Waals surface area contributed by atoms with E-state index < -0.39 is 10.2 Å². The zero-order valence-electron chi connectivity index (χ0n) is 11.8. The van der Waals surface area contributed by atoms with Gasteiger partial charge in [-0.1, -0.05) is 0 Å².